The molecule has 0 unspecified atom stereocenters. The largest absolute Gasteiger partial charge is 0.545 e. The quantitative estimate of drug-likeness (QED) is 0.780. The Bertz CT molecular complexity index is 624. The molecule has 1 atom stereocenters. The first kappa shape index (κ1) is 15.1. The number of carbonyl (C=O) groups excluding carboxylic acids is 3. The van der Waals surface area contributed by atoms with E-state index in [2.05, 4.69) is 0 Å². The molecule has 0 bridgehead atoms. The Balaban J connectivity index is 1.78. The molecule has 6 heteroatoms. The van der Waals surface area contributed by atoms with Crippen LogP contribution in [-0.2, 0) is 9.59 Å². The van der Waals surface area contributed by atoms with Crippen LogP contribution in [0.3, 0.4) is 0 Å². The van der Waals surface area contributed by atoms with E-state index in [-0.39, 0.29) is 29.8 Å². The molecular weight excluding hydrogens is 302 g/mol. The second-order valence-electron chi connectivity index (χ2n) is 5.63. The van der Waals surface area contributed by atoms with E-state index in [1.807, 2.05) is 0 Å². The Labute approximate surface area is 132 Å². The van der Waals surface area contributed by atoms with E-state index in [1.165, 1.54) is 11.0 Å². The minimum atomic E-state index is -1.27. The van der Waals surface area contributed by atoms with Crippen molar-refractivity contribution in [2.75, 3.05) is 0 Å². The van der Waals surface area contributed by atoms with Gasteiger partial charge in [-0.1, -0.05) is 31.0 Å². The van der Waals surface area contributed by atoms with Gasteiger partial charge in [-0.25, -0.2) is 0 Å². The fourth-order valence-corrected chi connectivity index (χ4v) is 4.33. The second-order valence-corrected chi connectivity index (χ2v) is 6.88. The molecule has 22 heavy (non-hydrogen) atoms. The lowest BCUT2D eigenvalue weighted by Crippen LogP contribution is -2.39. The Morgan fingerprint density at radius 3 is 2.55 bits per heavy atom. The van der Waals surface area contributed by atoms with Gasteiger partial charge in [0, 0.05) is 22.9 Å². The number of carbonyl (C=O) groups is 3. The van der Waals surface area contributed by atoms with Gasteiger partial charge in [-0.2, -0.15) is 0 Å². The molecular formula is C16H16NO4S-. The molecule has 2 aliphatic rings. The van der Waals surface area contributed by atoms with Gasteiger partial charge in [0.15, 0.2) is 0 Å². The Kier molecular flexibility index (Phi) is 4.20. The minimum absolute atomic E-state index is 0.0296. The van der Waals surface area contributed by atoms with Crippen LogP contribution >= 0.6 is 11.8 Å². The van der Waals surface area contributed by atoms with Gasteiger partial charge in [0.05, 0.1) is 11.2 Å². The third kappa shape index (κ3) is 2.75. The summed E-state index contributed by atoms with van der Waals surface area (Å²) in [6.07, 6.45) is 4.00. The van der Waals surface area contributed by atoms with E-state index in [0.717, 1.165) is 37.4 Å². The van der Waals surface area contributed by atoms with Crippen molar-refractivity contribution in [3.8, 4) is 0 Å². The molecule has 2 fully saturated rings. The lowest BCUT2D eigenvalue weighted by molar-refractivity contribution is -0.255. The van der Waals surface area contributed by atoms with Gasteiger partial charge >= 0.3 is 0 Å². The van der Waals surface area contributed by atoms with Crippen LogP contribution in [0.5, 0.6) is 0 Å². The first-order chi connectivity index (χ1) is 10.6. The first-order valence-corrected chi connectivity index (χ1v) is 8.29. The van der Waals surface area contributed by atoms with Crippen LogP contribution in [0.15, 0.2) is 29.2 Å². The summed E-state index contributed by atoms with van der Waals surface area (Å²) in [5.41, 5.74) is 0.0621. The number of imide groups is 1. The summed E-state index contributed by atoms with van der Waals surface area (Å²) in [6, 6.07) is 6.45. The number of thioether (sulfide) groups is 1. The predicted octanol–water partition coefficient (Wildman–Crippen LogP) is 1.21. The fourth-order valence-electron chi connectivity index (χ4n) is 3.15. The van der Waals surface area contributed by atoms with E-state index in [0.29, 0.717) is 4.90 Å². The third-order valence-electron chi connectivity index (χ3n) is 4.21. The van der Waals surface area contributed by atoms with Crippen molar-refractivity contribution in [1.82, 2.24) is 4.90 Å². The molecule has 116 valence electrons. The predicted molar refractivity (Wildman–Crippen MR) is 79.1 cm³/mol. The topological polar surface area (TPSA) is 77.5 Å². The van der Waals surface area contributed by atoms with E-state index >= 15 is 0 Å². The molecule has 0 N–H and O–H groups in total. The maximum absolute atomic E-state index is 12.5. The van der Waals surface area contributed by atoms with E-state index in [4.69, 9.17) is 0 Å². The Hall–Kier alpha value is -1.82. The molecule has 0 spiro atoms. The number of hydrogen-bond acceptors (Lipinski definition) is 5. The summed E-state index contributed by atoms with van der Waals surface area (Å²) < 4.78 is 0. The van der Waals surface area contributed by atoms with Crippen LogP contribution in [-0.4, -0.2) is 34.0 Å². The van der Waals surface area contributed by atoms with Gasteiger partial charge < -0.3 is 9.90 Å². The summed E-state index contributed by atoms with van der Waals surface area (Å²) >= 11 is 1.15. The molecule has 5 nitrogen and oxygen atoms in total. The zero-order valence-electron chi connectivity index (χ0n) is 12.0. The number of hydrogen-bond donors (Lipinski definition) is 0. The van der Waals surface area contributed by atoms with Crippen molar-refractivity contribution in [3.05, 3.63) is 29.8 Å². The summed E-state index contributed by atoms with van der Waals surface area (Å²) in [6.45, 7) is 0. The summed E-state index contributed by atoms with van der Waals surface area (Å²) in [4.78, 5) is 37.7. The standard InChI is InChI=1S/C16H17NO4S/c18-14-9-13(15(19)17(14)10-5-1-2-6-10)22-12-8-4-3-7-11(12)16(20)21/h3-4,7-8,10,13H,1-2,5-6,9H2,(H,20,21)/p-1/t13-/m0/s1. The number of carboxylic acid groups (broad SMARTS) is 1. The van der Waals surface area contributed by atoms with Gasteiger partial charge in [-0.3, -0.25) is 14.5 Å². The van der Waals surface area contributed by atoms with Crippen LogP contribution < -0.4 is 5.11 Å². The number of rotatable bonds is 4. The molecule has 1 saturated carbocycles. The zero-order valence-corrected chi connectivity index (χ0v) is 12.8. The van der Waals surface area contributed by atoms with Crippen LogP contribution in [0.2, 0.25) is 0 Å². The Morgan fingerprint density at radius 1 is 1.18 bits per heavy atom. The molecule has 2 amide bonds. The minimum Gasteiger partial charge on any atom is -0.545 e. The van der Waals surface area contributed by atoms with Gasteiger partial charge in [-0.15, -0.1) is 11.8 Å². The van der Waals surface area contributed by atoms with Gasteiger partial charge in [0.2, 0.25) is 11.8 Å². The average Bonchev–Trinajstić information content (AvgIpc) is 3.08. The number of aromatic carboxylic acids is 1. The van der Waals surface area contributed by atoms with Gasteiger partial charge in [-0.05, 0) is 18.9 Å². The van der Waals surface area contributed by atoms with Crippen LogP contribution in [0.25, 0.3) is 0 Å². The zero-order chi connectivity index (χ0) is 15.7. The average molecular weight is 318 g/mol. The SMILES string of the molecule is O=C([O-])c1ccccc1S[C@H]1CC(=O)N(C2CCCC2)C1=O. The molecule has 3 rings (SSSR count). The maximum atomic E-state index is 12.5. The number of likely N-dealkylation sites (tertiary alicyclic amines) is 1. The van der Waals surface area contributed by atoms with E-state index in [9.17, 15) is 19.5 Å². The van der Waals surface area contributed by atoms with Crippen molar-refractivity contribution < 1.29 is 19.5 Å². The molecule has 1 saturated heterocycles. The summed E-state index contributed by atoms with van der Waals surface area (Å²) in [5.74, 6) is -1.59. The highest BCUT2D eigenvalue weighted by Gasteiger charge is 2.43. The third-order valence-corrected chi connectivity index (χ3v) is 5.47. The van der Waals surface area contributed by atoms with Crippen molar-refractivity contribution in [2.24, 2.45) is 0 Å². The molecule has 1 aliphatic carbocycles. The summed E-state index contributed by atoms with van der Waals surface area (Å²) in [7, 11) is 0. The van der Waals surface area contributed by atoms with Crippen LogP contribution in [0.4, 0.5) is 0 Å². The first-order valence-electron chi connectivity index (χ1n) is 7.41. The normalized spacial score (nSPS) is 22.5. The Morgan fingerprint density at radius 2 is 1.86 bits per heavy atom. The monoisotopic (exact) mass is 318 g/mol. The highest BCUT2D eigenvalue weighted by atomic mass is 32.2. The van der Waals surface area contributed by atoms with Crippen LogP contribution in [0.1, 0.15) is 42.5 Å². The molecule has 0 radical (unpaired) electrons. The van der Waals surface area contributed by atoms with Crippen molar-refractivity contribution >= 4 is 29.5 Å². The molecule has 0 aromatic heterocycles. The molecule has 1 aliphatic heterocycles. The highest BCUT2D eigenvalue weighted by molar-refractivity contribution is 8.00. The highest BCUT2D eigenvalue weighted by Crippen LogP contribution is 2.36. The smallest absolute Gasteiger partial charge is 0.243 e. The number of carboxylic acids is 1. The maximum Gasteiger partial charge on any atom is 0.243 e. The lowest BCUT2D eigenvalue weighted by atomic mass is 10.2. The number of nitrogens with zero attached hydrogens (tertiary/aromatic N) is 1. The van der Waals surface area contributed by atoms with Gasteiger partial charge in [0.1, 0.15) is 0 Å². The van der Waals surface area contributed by atoms with Crippen molar-refractivity contribution in [1.29, 1.82) is 0 Å². The van der Waals surface area contributed by atoms with Gasteiger partial charge in [0.25, 0.3) is 0 Å². The number of amides is 2. The van der Waals surface area contributed by atoms with Crippen molar-refractivity contribution in [3.63, 3.8) is 0 Å². The van der Waals surface area contributed by atoms with Crippen LogP contribution in [0, 0.1) is 0 Å². The van der Waals surface area contributed by atoms with E-state index in [1.54, 1.807) is 18.2 Å². The fraction of sp³-hybridized carbons (Fsp3) is 0.438. The lowest BCUT2D eigenvalue weighted by Gasteiger charge is -2.22. The number of benzene rings is 1. The van der Waals surface area contributed by atoms with Crippen molar-refractivity contribution in [2.45, 2.75) is 48.3 Å². The second kappa shape index (κ2) is 6.12. The summed E-state index contributed by atoms with van der Waals surface area (Å²) in [5, 5.41) is 10.6. The molecule has 1 aromatic carbocycles. The molecule has 1 aromatic rings. The van der Waals surface area contributed by atoms with E-state index < -0.39 is 11.2 Å². The molecule has 1 heterocycles.